The molecule has 100 valence electrons. The summed E-state index contributed by atoms with van der Waals surface area (Å²) in [4.78, 5) is 12.7. The Morgan fingerprint density at radius 2 is 2.00 bits per heavy atom. The average Bonchev–Trinajstić information content (AvgIpc) is 2.35. The maximum atomic E-state index is 10.7. The van der Waals surface area contributed by atoms with Gasteiger partial charge in [0.05, 0.1) is 6.42 Å². The van der Waals surface area contributed by atoms with E-state index in [0.29, 0.717) is 6.54 Å². The highest BCUT2D eigenvalue weighted by Gasteiger charge is 2.20. The fourth-order valence-electron chi connectivity index (χ4n) is 2.22. The van der Waals surface area contributed by atoms with Crippen LogP contribution in [0.25, 0.3) is 0 Å². The van der Waals surface area contributed by atoms with Crippen molar-refractivity contribution in [2.75, 3.05) is 13.1 Å². The summed E-state index contributed by atoms with van der Waals surface area (Å²) in [7, 11) is 0. The predicted octanol–water partition coefficient (Wildman–Crippen LogP) is 2.64. The molecular formula is C14H21NO3. The van der Waals surface area contributed by atoms with E-state index in [0.717, 1.165) is 18.5 Å². The minimum Gasteiger partial charge on any atom is -0.508 e. The number of carboxylic acids is 1. The van der Waals surface area contributed by atoms with Crippen molar-refractivity contribution in [3.63, 3.8) is 0 Å². The fraction of sp³-hybridized carbons (Fsp3) is 0.500. The molecular weight excluding hydrogens is 230 g/mol. The molecule has 0 radical (unpaired) electrons. The lowest BCUT2D eigenvalue weighted by atomic mass is 10.0. The number of hydrogen-bond acceptors (Lipinski definition) is 3. The van der Waals surface area contributed by atoms with Gasteiger partial charge in [0.15, 0.2) is 0 Å². The van der Waals surface area contributed by atoms with Crippen molar-refractivity contribution in [2.24, 2.45) is 0 Å². The van der Waals surface area contributed by atoms with Gasteiger partial charge in [0, 0.05) is 18.2 Å². The Bertz CT molecular complexity index is 392. The molecule has 0 aliphatic rings. The van der Waals surface area contributed by atoms with Gasteiger partial charge in [-0.25, -0.2) is 0 Å². The smallest absolute Gasteiger partial charge is 0.304 e. The lowest BCUT2D eigenvalue weighted by molar-refractivity contribution is -0.137. The van der Waals surface area contributed by atoms with Crippen LogP contribution in [-0.4, -0.2) is 34.2 Å². The summed E-state index contributed by atoms with van der Waals surface area (Å²) in [5, 5.41) is 18.7. The standard InChI is InChI=1S/C14H21NO3/c1-3-12(11-7-5-6-8-13(11)16)15(4-2)10-9-14(17)18/h5-8,12,16H,3-4,9-10H2,1-2H3,(H,17,18). The number of rotatable bonds is 7. The van der Waals surface area contributed by atoms with Crippen molar-refractivity contribution in [3.05, 3.63) is 29.8 Å². The van der Waals surface area contributed by atoms with Crippen LogP contribution in [0.3, 0.4) is 0 Å². The summed E-state index contributed by atoms with van der Waals surface area (Å²) in [6, 6.07) is 7.31. The maximum absolute atomic E-state index is 10.7. The number of phenolic OH excluding ortho intramolecular Hbond substituents is 1. The number of benzene rings is 1. The van der Waals surface area contributed by atoms with Gasteiger partial charge in [-0.3, -0.25) is 9.69 Å². The van der Waals surface area contributed by atoms with Gasteiger partial charge in [0.25, 0.3) is 0 Å². The number of phenols is 1. The van der Waals surface area contributed by atoms with Gasteiger partial charge in [-0.1, -0.05) is 32.0 Å². The number of carbonyl (C=O) groups is 1. The Kier molecular flexibility index (Phi) is 5.65. The van der Waals surface area contributed by atoms with E-state index in [1.54, 1.807) is 12.1 Å². The van der Waals surface area contributed by atoms with E-state index < -0.39 is 5.97 Å². The monoisotopic (exact) mass is 251 g/mol. The normalized spacial score (nSPS) is 12.6. The minimum absolute atomic E-state index is 0.0653. The summed E-state index contributed by atoms with van der Waals surface area (Å²) >= 11 is 0. The summed E-state index contributed by atoms with van der Waals surface area (Å²) in [5.74, 6) is -0.515. The molecule has 0 heterocycles. The lowest BCUT2D eigenvalue weighted by Gasteiger charge is -2.30. The average molecular weight is 251 g/mol. The highest BCUT2D eigenvalue weighted by molar-refractivity contribution is 5.66. The number of para-hydroxylation sites is 1. The number of hydrogen-bond donors (Lipinski definition) is 2. The highest BCUT2D eigenvalue weighted by atomic mass is 16.4. The summed E-state index contributed by atoms with van der Waals surface area (Å²) in [6.45, 7) is 5.31. The molecule has 0 amide bonds. The Morgan fingerprint density at radius 3 is 2.50 bits per heavy atom. The van der Waals surface area contributed by atoms with E-state index in [9.17, 15) is 9.90 Å². The number of aromatic hydroxyl groups is 1. The van der Waals surface area contributed by atoms with Crippen LogP contribution in [0.1, 0.15) is 38.3 Å². The zero-order valence-corrected chi connectivity index (χ0v) is 11.0. The van der Waals surface area contributed by atoms with Crippen molar-refractivity contribution < 1.29 is 15.0 Å². The second kappa shape index (κ2) is 7.01. The second-order valence-electron chi connectivity index (χ2n) is 4.26. The van der Waals surface area contributed by atoms with Crippen LogP contribution >= 0.6 is 0 Å². The van der Waals surface area contributed by atoms with Crippen molar-refractivity contribution >= 4 is 5.97 Å². The van der Waals surface area contributed by atoms with Crippen LogP contribution in [-0.2, 0) is 4.79 Å². The molecule has 0 aliphatic heterocycles. The van der Waals surface area contributed by atoms with E-state index in [1.165, 1.54) is 0 Å². The number of carboxylic acid groups (broad SMARTS) is 1. The summed E-state index contributed by atoms with van der Waals surface area (Å²) in [5.41, 5.74) is 0.868. The largest absolute Gasteiger partial charge is 0.508 e. The molecule has 4 heteroatoms. The Balaban J connectivity index is 2.86. The molecule has 0 saturated carbocycles. The Labute approximate surface area is 108 Å². The first-order chi connectivity index (χ1) is 8.60. The fourth-order valence-corrected chi connectivity index (χ4v) is 2.22. The topological polar surface area (TPSA) is 60.8 Å². The van der Waals surface area contributed by atoms with Gasteiger partial charge in [-0.05, 0) is 19.0 Å². The van der Waals surface area contributed by atoms with Crippen LogP contribution in [0.2, 0.25) is 0 Å². The third-order valence-electron chi connectivity index (χ3n) is 3.14. The SMILES string of the molecule is CCC(c1ccccc1O)N(CC)CCC(=O)O. The molecule has 1 unspecified atom stereocenters. The van der Waals surface area contributed by atoms with Gasteiger partial charge in [0.1, 0.15) is 5.75 Å². The van der Waals surface area contributed by atoms with E-state index in [-0.39, 0.29) is 18.2 Å². The zero-order valence-electron chi connectivity index (χ0n) is 11.0. The molecule has 0 spiro atoms. The second-order valence-corrected chi connectivity index (χ2v) is 4.26. The molecule has 18 heavy (non-hydrogen) atoms. The van der Waals surface area contributed by atoms with Crippen molar-refractivity contribution in [3.8, 4) is 5.75 Å². The molecule has 0 aromatic heterocycles. The molecule has 1 rings (SSSR count). The lowest BCUT2D eigenvalue weighted by Crippen LogP contribution is -2.30. The van der Waals surface area contributed by atoms with Crippen LogP contribution in [0, 0.1) is 0 Å². The predicted molar refractivity (Wildman–Crippen MR) is 70.6 cm³/mol. The summed E-state index contributed by atoms with van der Waals surface area (Å²) in [6.07, 6.45) is 0.961. The molecule has 1 aromatic rings. The van der Waals surface area contributed by atoms with Crippen molar-refractivity contribution in [1.29, 1.82) is 0 Å². The van der Waals surface area contributed by atoms with Crippen LogP contribution in [0.4, 0.5) is 0 Å². The Morgan fingerprint density at radius 1 is 1.33 bits per heavy atom. The van der Waals surface area contributed by atoms with E-state index in [4.69, 9.17) is 5.11 Å². The molecule has 1 aromatic carbocycles. The van der Waals surface area contributed by atoms with Crippen LogP contribution in [0.15, 0.2) is 24.3 Å². The Hall–Kier alpha value is -1.55. The molecule has 4 nitrogen and oxygen atoms in total. The molecule has 0 aliphatic carbocycles. The van der Waals surface area contributed by atoms with E-state index in [1.807, 2.05) is 26.0 Å². The number of nitrogens with zero attached hydrogens (tertiary/aromatic N) is 1. The maximum Gasteiger partial charge on any atom is 0.304 e. The zero-order chi connectivity index (χ0) is 13.5. The van der Waals surface area contributed by atoms with E-state index in [2.05, 4.69) is 4.90 Å². The van der Waals surface area contributed by atoms with Gasteiger partial charge < -0.3 is 10.2 Å². The van der Waals surface area contributed by atoms with Gasteiger partial charge in [0.2, 0.25) is 0 Å². The molecule has 2 N–H and O–H groups in total. The molecule has 0 bridgehead atoms. The third kappa shape index (κ3) is 3.74. The highest BCUT2D eigenvalue weighted by Crippen LogP contribution is 2.30. The van der Waals surface area contributed by atoms with Gasteiger partial charge in [-0.15, -0.1) is 0 Å². The van der Waals surface area contributed by atoms with Gasteiger partial charge in [-0.2, -0.15) is 0 Å². The quantitative estimate of drug-likeness (QED) is 0.782. The first-order valence-electron chi connectivity index (χ1n) is 6.33. The first kappa shape index (κ1) is 14.5. The number of aliphatic carboxylic acids is 1. The van der Waals surface area contributed by atoms with Crippen molar-refractivity contribution in [1.82, 2.24) is 4.90 Å². The third-order valence-corrected chi connectivity index (χ3v) is 3.14. The molecule has 0 fully saturated rings. The van der Waals surface area contributed by atoms with Crippen LogP contribution in [0.5, 0.6) is 5.75 Å². The van der Waals surface area contributed by atoms with Crippen LogP contribution < -0.4 is 0 Å². The minimum atomic E-state index is -0.791. The molecule has 1 atom stereocenters. The first-order valence-corrected chi connectivity index (χ1v) is 6.33. The summed E-state index contributed by atoms with van der Waals surface area (Å²) < 4.78 is 0. The molecule has 0 saturated heterocycles. The van der Waals surface area contributed by atoms with Gasteiger partial charge >= 0.3 is 5.97 Å². The van der Waals surface area contributed by atoms with E-state index >= 15 is 0 Å². The van der Waals surface area contributed by atoms with Crippen molar-refractivity contribution in [2.45, 2.75) is 32.7 Å².